The van der Waals surface area contributed by atoms with Crippen molar-refractivity contribution in [3.05, 3.63) is 42.0 Å². The predicted octanol–water partition coefficient (Wildman–Crippen LogP) is 1.87. The Balaban J connectivity index is 2.04. The number of benzene rings is 1. The molecule has 1 aromatic rings. The molecule has 0 amide bonds. The van der Waals surface area contributed by atoms with Gasteiger partial charge in [-0.15, -0.1) is 0 Å². The Morgan fingerprint density at radius 2 is 2.19 bits per heavy atom. The summed E-state index contributed by atoms with van der Waals surface area (Å²) in [6.07, 6.45) is 2.26. The normalized spacial score (nSPS) is 23.3. The molecule has 0 aromatic heterocycles. The van der Waals surface area contributed by atoms with Gasteiger partial charge in [0, 0.05) is 12.8 Å². The van der Waals surface area contributed by atoms with E-state index < -0.39 is 12.2 Å². The van der Waals surface area contributed by atoms with E-state index in [1.54, 1.807) is 19.3 Å². The number of aliphatic hydroxyl groups excluding tert-OH is 1. The molecule has 1 aromatic carbocycles. The maximum Gasteiger partial charge on any atom is 0.308 e. The van der Waals surface area contributed by atoms with E-state index in [1.807, 2.05) is 31.2 Å². The molecule has 2 rings (SSSR count). The Kier molecular flexibility index (Phi) is 5.36. The van der Waals surface area contributed by atoms with Crippen molar-refractivity contribution < 1.29 is 19.4 Å². The maximum atomic E-state index is 11.5. The van der Waals surface area contributed by atoms with Crippen molar-refractivity contribution in [2.75, 3.05) is 12.4 Å². The van der Waals surface area contributed by atoms with Crippen LogP contribution in [0.25, 0.3) is 0 Å². The van der Waals surface area contributed by atoms with Gasteiger partial charge in [-0.3, -0.25) is 4.79 Å². The molecule has 1 heterocycles. The summed E-state index contributed by atoms with van der Waals surface area (Å²) in [4.78, 5) is 11.5. The van der Waals surface area contributed by atoms with Crippen molar-refractivity contribution in [1.82, 2.24) is 0 Å². The van der Waals surface area contributed by atoms with Crippen LogP contribution in [-0.4, -0.2) is 36.4 Å². The third-order valence-corrected chi connectivity index (χ3v) is 3.39. The molecule has 1 fully saturated rings. The van der Waals surface area contributed by atoms with Crippen LogP contribution >= 0.6 is 0 Å². The number of cyclic esters (lactones) is 1. The number of rotatable bonds is 6. The number of ether oxygens (including phenoxy) is 2. The van der Waals surface area contributed by atoms with Gasteiger partial charge in [0.1, 0.15) is 6.10 Å². The Morgan fingerprint density at radius 1 is 1.48 bits per heavy atom. The zero-order valence-electron chi connectivity index (χ0n) is 12.3. The van der Waals surface area contributed by atoms with Gasteiger partial charge in [-0.1, -0.05) is 24.3 Å². The van der Waals surface area contributed by atoms with Crippen molar-refractivity contribution in [2.24, 2.45) is 0 Å². The van der Waals surface area contributed by atoms with Crippen molar-refractivity contribution >= 4 is 11.7 Å². The second-order valence-electron chi connectivity index (χ2n) is 5.06. The molecular formula is C16H21NO4. The molecule has 1 saturated heterocycles. The van der Waals surface area contributed by atoms with Gasteiger partial charge in [0.25, 0.3) is 0 Å². The minimum Gasteiger partial charge on any atom is -0.457 e. The molecule has 2 N–H and O–H groups in total. The van der Waals surface area contributed by atoms with Gasteiger partial charge in [0.2, 0.25) is 0 Å². The van der Waals surface area contributed by atoms with Gasteiger partial charge in [-0.25, -0.2) is 0 Å². The van der Waals surface area contributed by atoms with Crippen molar-refractivity contribution in [3.8, 4) is 0 Å². The number of allylic oxidation sites excluding steroid dienone is 1. The van der Waals surface area contributed by atoms with Gasteiger partial charge in [0.05, 0.1) is 19.1 Å². The molecule has 0 spiro atoms. The average molecular weight is 291 g/mol. The third-order valence-electron chi connectivity index (χ3n) is 3.39. The predicted molar refractivity (Wildman–Crippen MR) is 79.9 cm³/mol. The summed E-state index contributed by atoms with van der Waals surface area (Å²) in [6, 6.07) is 7.53. The number of esters is 1. The summed E-state index contributed by atoms with van der Waals surface area (Å²) >= 11 is 0. The molecule has 5 nitrogen and oxygen atoms in total. The summed E-state index contributed by atoms with van der Waals surface area (Å²) in [5.41, 5.74) is 1.96. The Morgan fingerprint density at radius 3 is 2.81 bits per heavy atom. The largest absolute Gasteiger partial charge is 0.457 e. The molecule has 5 heteroatoms. The topological polar surface area (TPSA) is 67.8 Å². The number of carbonyl (C=O) groups is 1. The standard InChI is InChI=1S/C16H21NO4/c1-3-4-14(18)16-13(9-15(19)21-16)17-12-7-5-11(6-8-12)10-20-2/h3-8,13-14,16-18H,9-10H2,1-2H3/b4-3+. The van der Waals surface area contributed by atoms with E-state index in [9.17, 15) is 9.90 Å². The summed E-state index contributed by atoms with van der Waals surface area (Å²) in [7, 11) is 1.65. The highest BCUT2D eigenvalue weighted by Crippen LogP contribution is 2.23. The lowest BCUT2D eigenvalue weighted by atomic mass is 10.0. The quantitative estimate of drug-likeness (QED) is 0.618. The van der Waals surface area contributed by atoms with E-state index >= 15 is 0 Å². The number of aliphatic hydroxyl groups is 1. The van der Waals surface area contributed by atoms with Gasteiger partial charge in [-0.2, -0.15) is 0 Å². The Labute approximate surface area is 124 Å². The number of hydrogen-bond donors (Lipinski definition) is 2. The second kappa shape index (κ2) is 7.24. The van der Waals surface area contributed by atoms with E-state index in [-0.39, 0.29) is 18.4 Å². The number of anilines is 1. The zero-order chi connectivity index (χ0) is 15.2. The molecule has 1 aliphatic rings. The van der Waals surface area contributed by atoms with Gasteiger partial charge in [-0.05, 0) is 24.6 Å². The average Bonchev–Trinajstić information content (AvgIpc) is 2.82. The third kappa shape index (κ3) is 4.06. The first-order chi connectivity index (χ1) is 10.1. The molecule has 21 heavy (non-hydrogen) atoms. The summed E-state index contributed by atoms with van der Waals surface area (Å²) in [5.74, 6) is -0.294. The van der Waals surface area contributed by atoms with Crippen LogP contribution in [-0.2, 0) is 20.9 Å². The molecule has 114 valence electrons. The highest BCUT2D eigenvalue weighted by atomic mass is 16.6. The van der Waals surface area contributed by atoms with Gasteiger partial charge < -0.3 is 19.9 Å². The van der Waals surface area contributed by atoms with Crippen molar-refractivity contribution in [1.29, 1.82) is 0 Å². The fourth-order valence-electron chi connectivity index (χ4n) is 2.40. The molecule has 3 unspecified atom stereocenters. The Hall–Kier alpha value is -1.85. The van der Waals surface area contributed by atoms with Crippen LogP contribution in [0.5, 0.6) is 0 Å². The fourth-order valence-corrected chi connectivity index (χ4v) is 2.40. The van der Waals surface area contributed by atoms with E-state index in [1.165, 1.54) is 0 Å². The molecule has 1 aliphatic heterocycles. The van der Waals surface area contributed by atoms with E-state index in [2.05, 4.69) is 5.32 Å². The lowest BCUT2D eigenvalue weighted by molar-refractivity contribution is -0.144. The number of nitrogens with one attached hydrogen (secondary N) is 1. The molecule has 0 saturated carbocycles. The van der Waals surface area contributed by atoms with E-state index in [0.29, 0.717) is 6.61 Å². The smallest absolute Gasteiger partial charge is 0.308 e. The first kappa shape index (κ1) is 15.5. The summed E-state index contributed by atoms with van der Waals surface area (Å²) < 4.78 is 10.3. The second-order valence-corrected chi connectivity index (χ2v) is 5.06. The van der Waals surface area contributed by atoms with Crippen LogP contribution in [0.4, 0.5) is 5.69 Å². The highest BCUT2D eigenvalue weighted by Gasteiger charge is 2.38. The van der Waals surface area contributed by atoms with Crippen LogP contribution in [0.1, 0.15) is 18.9 Å². The van der Waals surface area contributed by atoms with E-state index in [4.69, 9.17) is 9.47 Å². The zero-order valence-corrected chi connectivity index (χ0v) is 12.3. The lowest BCUT2D eigenvalue weighted by Gasteiger charge is -2.22. The number of methoxy groups -OCH3 is 1. The fraction of sp³-hybridized carbons (Fsp3) is 0.438. The first-order valence-corrected chi connectivity index (χ1v) is 6.99. The molecular weight excluding hydrogens is 270 g/mol. The van der Waals surface area contributed by atoms with Crippen LogP contribution < -0.4 is 5.32 Å². The molecule has 0 bridgehead atoms. The first-order valence-electron chi connectivity index (χ1n) is 6.99. The molecule has 0 radical (unpaired) electrons. The number of carbonyl (C=O) groups excluding carboxylic acids is 1. The van der Waals surface area contributed by atoms with Crippen molar-refractivity contribution in [3.63, 3.8) is 0 Å². The SMILES string of the molecule is C/C=C/C(O)C1OC(=O)CC1Nc1ccc(COC)cc1. The monoisotopic (exact) mass is 291 g/mol. The molecule has 0 aliphatic carbocycles. The summed E-state index contributed by atoms with van der Waals surface area (Å²) in [5, 5.41) is 13.3. The minimum atomic E-state index is -0.799. The maximum absolute atomic E-state index is 11.5. The lowest BCUT2D eigenvalue weighted by Crippen LogP contribution is -2.38. The van der Waals surface area contributed by atoms with Crippen LogP contribution in [0, 0.1) is 0 Å². The van der Waals surface area contributed by atoms with Crippen LogP contribution in [0.2, 0.25) is 0 Å². The summed E-state index contributed by atoms with van der Waals surface area (Å²) in [6.45, 7) is 2.38. The van der Waals surface area contributed by atoms with E-state index in [0.717, 1.165) is 11.3 Å². The molecule has 3 atom stereocenters. The van der Waals surface area contributed by atoms with Gasteiger partial charge in [0.15, 0.2) is 6.10 Å². The Bertz CT molecular complexity index is 498. The van der Waals surface area contributed by atoms with Crippen LogP contribution in [0.15, 0.2) is 36.4 Å². The highest BCUT2D eigenvalue weighted by molar-refractivity contribution is 5.74. The minimum absolute atomic E-state index is 0.239. The number of hydrogen-bond acceptors (Lipinski definition) is 5. The van der Waals surface area contributed by atoms with Crippen LogP contribution in [0.3, 0.4) is 0 Å². The van der Waals surface area contributed by atoms with Crippen molar-refractivity contribution in [2.45, 2.75) is 38.2 Å². The van der Waals surface area contributed by atoms with Gasteiger partial charge >= 0.3 is 5.97 Å².